The number of nitrogens with one attached hydrogen (secondary N) is 3. The Balaban J connectivity index is 0.000000163. The molecular formula is C33H29BrCl2N8O3S. The van der Waals surface area contributed by atoms with Crippen molar-refractivity contribution < 1.29 is 14.3 Å². The van der Waals surface area contributed by atoms with Crippen LogP contribution in [0.5, 0.6) is 5.75 Å². The standard InChI is InChI=1S/C13H11Cl2NO.C11H9BrN2OS.C9H9N5O/c14-11-6-10(16)7-12(15)13(11)17-8-9-4-2-1-3-5-9;12-9-5-6-16-10(9)11(15)14-8-3-1-7(13)2-4-8;10-6-1-3-7(4-2-6)12-9(15)8-5-11-14-13-8/h1-7H,8,16H2;1-6H,13H2,(H,14,15);1-5H,10H2,(H,12,15)(H,11,13,14). The Morgan fingerprint density at radius 1 is 0.792 bits per heavy atom. The zero-order valence-corrected chi connectivity index (χ0v) is 28.9. The molecule has 0 aliphatic heterocycles. The number of nitrogens with two attached hydrogens (primary N) is 3. The van der Waals surface area contributed by atoms with Gasteiger partial charge in [0.2, 0.25) is 0 Å². The lowest BCUT2D eigenvalue weighted by Gasteiger charge is -2.10. The number of hydrogen-bond acceptors (Lipinski definition) is 9. The molecule has 0 unspecified atom stereocenters. The maximum Gasteiger partial charge on any atom is 0.277 e. The van der Waals surface area contributed by atoms with Crippen molar-refractivity contribution in [3.63, 3.8) is 0 Å². The minimum absolute atomic E-state index is 0.119. The molecule has 6 aromatic rings. The van der Waals surface area contributed by atoms with Crippen LogP contribution in [0.4, 0.5) is 28.4 Å². The van der Waals surface area contributed by atoms with E-state index >= 15 is 0 Å². The fourth-order valence-electron chi connectivity index (χ4n) is 3.73. The summed E-state index contributed by atoms with van der Waals surface area (Å²) in [5.74, 6) is 0.0338. The first-order valence-corrected chi connectivity index (χ1v) is 16.4. The van der Waals surface area contributed by atoms with E-state index in [9.17, 15) is 9.59 Å². The minimum atomic E-state index is -0.312. The van der Waals surface area contributed by atoms with Gasteiger partial charge in [0, 0.05) is 32.9 Å². The van der Waals surface area contributed by atoms with Crippen LogP contribution in [0.25, 0.3) is 0 Å². The fourth-order valence-corrected chi connectivity index (χ4v) is 5.79. The molecule has 0 bridgehead atoms. The van der Waals surface area contributed by atoms with E-state index in [-0.39, 0.29) is 17.5 Å². The smallest absolute Gasteiger partial charge is 0.277 e. The number of H-pyrrole nitrogens is 1. The van der Waals surface area contributed by atoms with E-state index in [0.717, 1.165) is 15.7 Å². The molecule has 2 amide bonds. The van der Waals surface area contributed by atoms with Gasteiger partial charge in [-0.3, -0.25) is 9.59 Å². The van der Waals surface area contributed by atoms with Crippen LogP contribution in [0.3, 0.4) is 0 Å². The van der Waals surface area contributed by atoms with Crippen LogP contribution in [0.2, 0.25) is 10.0 Å². The number of carbonyl (C=O) groups is 2. The molecular weight excluding hydrogens is 739 g/mol. The number of nitrogens with zero attached hydrogens (tertiary/aromatic N) is 2. The predicted molar refractivity (Wildman–Crippen MR) is 198 cm³/mol. The third-order valence-electron chi connectivity index (χ3n) is 6.05. The highest BCUT2D eigenvalue weighted by Gasteiger charge is 2.12. The maximum atomic E-state index is 11.8. The molecule has 11 nitrogen and oxygen atoms in total. The van der Waals surface area contributed by atoms with E-state index < -0.39 is 0 Å². The first-order chi connectivity index (χ1) is 23.1. The fraction of sp³-hybridized carbons (Fsp3) is 0.0303. The molecule has 15 heteroatoms. The SMILES string of the molecule is Nc1cc(Cl)c(OCc2ccccc2)c(Cl)c1.Nc1ccc(NC(=O)c2cn[nH]n2)cc1.Nc1ccc(NC(=O)c2sccc2Br)cc1. The highest BCUT2D eigenvalue weighted by Crippen LogP contribution is 2.35. The van der Waals surface area contributed by atoms with Gasteiger partial charge in [-0.1, -0.05) is 53.5 Å². The van der Waals surface area contributed by atoms with Gasteiger partial charge in [-0.15, -0.1) is 11.3 Å². The number of aromatic amines is 1. The van der Waals surface area contributed by atoms with Crippen LogP contribution in [0, 0.1) is 0 Å². The number of anilines is 5. The van der Waals surface area contributed by atoms with Crippen molar-refractivity contribution in [2.75, 3.05) is 27.8 Å². The average Bonchev–Trinajstić information content (AvgIpc) is 3.77. The number of thiophene rings is 1. The summed E-state index contributed by atoms with van der Waals surface area (Å²) in [7, 11) is 0. The molecule has 0 atom stereocenters. The van der Waals surface area contributed by atoms with Gasteiger partial charge in [0.15, 0.2) is 11.4 Å². The Morgan fingerprint density at radius 2 is 1.35 bits per heavy atom. The van der Waals surface area contributed by atoms with Gasteiger partial charge in [-0.25, -0.2) is 0 Å². The van der Waals surface area contributed by atoms with Gasteiger partial charge >= 0.3 is 0 Å². The first kappa shape index (κ1) is 35.8. The summed E-state index contributed by atoms with van der Waals surface area (Å²) in [4.78, 5) is 24.0. The van der Waals surface area contributed by atoms with E-state index in [4.69, 9.17) is 45.1 Å². The van der Waals surface area contributed by atoms with Crippen LogP contribution in [0.15, 0.2) is 113 Å². The molecule has 48 heavy (non-hydrogen) atoms. The zero-order chi connectivity index (χ0) is 34.5. The van der Waals surface area contributed by atoms with Crippen molar-refractivity contribution in [3.05, 3.63) is 139 Å². The van der Waals surface area contributed by atoms with E-state index in [1.807, 2.05) is 41.8 Å². The summed E-state index contributed by atoms with van der Waals surface area (Å²) < 4.78 is 6.40. The topological polar surface area (TPSA) is 187 Å². The van der Waals surface area contributed by atoms with Crippen molar-refractivity contribution in [2.24, 2.45) is 0 Å². The molecule has 0 spiro atoms. The van der Waals surface area contributed by atoms with Crippen molar-refractivity contribution in [1.29, 1.82) is 0 Å². The maximum absolute atomic E-state index is 11.8. The first-order valence-electron chi connectivity index (χ1n) is 13.9. The van der Waals surface area contributed by atoms with Crippen LogP contribution in [-0.2, 0) is 6.61 Å². The number of amides is 2. The highest BCUT2D eigenvalue weighted by molar-refractivity contribution is 9.10. The number of rotatable bonds is 7. The Kier molecular flexibility index (Phi) is 13.2. The van der Waals surface area contributed by atoms with Gasteiger partial charge in [0.25, 0.3) is 11.8 Å². The van der Waals surface area contributed by atoms with Gasteiger partial charge in [-0.05, 0) is 93.6 Å². The molecule has 9 N–H and O–H groups in total. The molecule has 0 aliphatic rings. The lowest BCUT2D eigenvalue weighted by Crippen LogP contribution is -2.12. The van der Waals surface area contributed by atoms with Crippen LogP contribution < -0.4 is 32.6 Å². The quantitative estimate of drug-likeness (QED) is 0.0879. The van der Waals surface area contributed by atoms with Gasteiger partial charge in [0.1, 0.15) is 11.5 Å². The number of benzene rings is 4. The van der Waals surface area contributed by atoms with Gasteiger partial charge in [0.05, 0.1) is 16.2 Å². The number of carbonyl (C=O) groups excluding carboxylic acids is 2. The summed E-state index contributed by atoms with van der Waals surface area (Å²) in [5, 5.41) is 17.7. The minimum Gasteiger partial charge on any atom is -0.486 e. The van der Waals surface area contributed by atoms with Gasteiger partial charge < -0.3 is 32.6 Å². The van der Waals surface area contributed by atoms with Crippen molar-refractivity contribution in [1.82, 2.24) is 15.4 Å². The zero-order valence-electron chi connectivity index (χ0n) is 25.0. The Morgan fingerprint density at radius 3 is 1.85 bits per heavy atom. The second-order valence-electron chi connectivity index (χ2n) is 9.69. The average molecular weight is 769 g/mol. The molecule has 0 saturated heterocycles. The summed E-state index contributed by atoms with van der Waals surface area (Å²) in [6, 6.07) is 28.8. The Labute approximate surface area is 298 Å². The van der Waals surface area contributed by atoms with E-state index in [2.05, 4.69) is 42.0 Å². The molecule has 0 fully saturated rings. The van der Waals surface area contributed by atoms with Crippen molar-refractivity contribution in [2.45, 2.75) is 6.61 Å². The van der Waals surface area contributed by atoms with Crippen molar-refractivity contribution >= 4 is 90.7 Å². The van der Waals surface area contributed by atoms with Crippen LogP contribution in [-0.4, -0.2) is 27.2 Å². The second-order valence-corrected chi connectivity index (χ2v) is 12.3. The van der Waals surface area contributed by atoms with Crippen LogP contribution in [0.1, 0.15) is 25.7 Å². The largest absolute Gasteiger partial charge is 0.486 e. The Hall–Kier alpha value is -5.08. The normalized spacial score (nSPS) is 10.1. The monoisotopic (exact) mass is 766 g/mol. The molecule has 0 radical (unpaired) electrons. The molecule has 4 aromatic carbocycles. The molecule has 6 rings (SSSR count). The number of aromatic nitrogens is 3. The van der Waals surface area contributed by atoms with E-state index in [1.54, 1.807) is 60.7 Å². The molecule has 0 saturated carbocycles. The lowest BCUT2D eigenvalue weighted by molar-refractivity contribution is 0.101. The summed E-state index contributed by atoms with van der Waals surface area (Å²) in [5.41, 5.74) is 21.2. The molecule has 246 valence electrons. The molecule has 2 aromatic heterocycles. The predicted octanol–water partition coefficient (Wildman–Crippen LogP) is 8.14. The Bertz CT molecular complexity index is 1900. The highest BCUT2D eigenvalue weighted by atomic mass is 79.9. The second kappa shape index (κ2) is 17.7. The number of nitrogen functional groups attached to an aromatic ring is 3. The summed E-state index contributed by atoms with van der Waals surface area (Å²) in [6.07, 6.45) is 1.35. The van der Waals surface area contributed by atoms with Gasteiger partial charge in [-0.2, -0.15) is 15.4 Å². The number of ether oxygens (including phenoxy) is 1. The third kappa shape index (κ3) is 11.0. The van der Waals surface area contributed by atoms with Crippen LogP contribution >= 0.6 is 50.5 Å². The van der Waals surface area contributed by atoms with E-state index in [1.165, 1.54) is 17.5 Å². The summed E-state index contributed by atoms with van der Waals surface area (Å²) in [6.45, 7) is 0.421. The van der Waals surface area contributed by atoms with Crippen molar-refractivity contribution in [3.8, 4) is 5.75 Å². The molecule has 0 aliphatic carbocycles. The lowest BCUT2D eigenvalue weighted by atomic mass is 10.2. The number of halogens is 3. The number of hydrogen-bond donors (Lipinski definition) is 6. The molecule has 2 heterocycles. The van der Waals surface area contributed by atoms with E-state index in [0.29, 0.717) is 50.0 Å². The summed E-state index contributed by atoms with van der Waals surface area (Å²) >= 11 is 16.7. The third-order valence-corrected chi connectivity index (χ3v) is 8.45.